The van der Waals surface area contributed by atoms with E-state index in [0.29, 0.717) is 5.92 Å². The van der Waals surface area contributed by atoms with Crippen LogP contribution in [0.3, 0.4) is 0 Å². The lowest BCUT2D eigenvalue weighted by Crippen LogP contribution is -2.49. The Morgan fingerprint density at radius 3 is 3.04 bits per heavy atom. The molecule has 0 unspecified atom stereocenters. The number of aromatic nitrogens is 2. The van der Waals surface area contributed by atoms with Crippen molar-refractivity contribution < 1.29 is 9.53 Å². The number of likely N-dealkylation sites (tertiary alicyclic amines) is 1. The fourth-order valence-corrected chi connectivity index (χ4v) is 4.85. The number of nitrogens with zero attached hydrogens (tertiary/aromatic N) is 2. The number of piperidine rings is 1. The van der Waals surface area contributed by atoms with E-state index in [1.165, 1.54) is 11.1 Å². The first kappa shape index (κ1) is 16.4. The molecule has 3 aromatic rings. The second-order valence-corrected chi connectivity index (χ2v) is 7.55. The van der Waals surface area contributed by atoms with Crippen LogP contribution in [0.2, 0.25) is 0 Å². The third-order valence-electron chi connectivity index (χ3n) is 6.17. The number of nitrogens with one attached hydrogen (secondary N) is 1. The third-order valence-corrected chi connectivity index (χ3v) is 6.17. The number of H-pyrrole nitrogens is 1. The summed E-state index contributed by atoms with van der Waals surface area (Å²) in [6.45, 7) is 0.840. The summed E-state index contributed by atoms with van der Waals surface area (Å²) in [5.74, 6) is 1.48. The van der Waals surface area contributed by atoms with Gasteiger partial charge in [-0.15, -0.1) is 0 Å². The smallest absolute Gasteiger partial charge is 0.254 e. The summed E-state index contributed by atoms with van der Waals surface area (Å²) in [6.07, 6.45) is 5.88. The van der Waals surface area contributed by atoms with E-state index < -0.39 is 0 Å². The van der Waals surface area contributed by atoms with Crippen LogP contribution in [-0.2, 0) is 6.42 Å². The van der Waals surface area contributed by atoms with Crippen LogP contribution in [0.1, 0.15) is 46.7 Å². The van der Waals surface area contributed by atoms with Gasteiger partial charge in [0.2, 0.25) is 0 Å². The topological polar surface area (TPSA) is 58.2 Å². The average molecular weight is 361 g/mol. The van der Waals surface area contributed by atoms with E-state index in [4.69, 9.17) is 4.74 Å². The molecule has 0 saturated carbocycles. The summed E-state index contributed by atoms with van der Waals surface area (Å²) >= 11 is 0. The average Bonchev–Trinajstić information content (AvgIpc) is 3.20. The van der Waals surface area contributed by atoms with Crippen molar-refractivity contribution in [1.29, 1.82) is 0 Å². The van der Waals surface area contributed by atoms with Gasteiger partial charge in [-0.2, -0.15) is 0 Å². The number of ether oxygens (including phenoxy) is 1. The fourth-order valence-electron chi connectivity index (χ4n) is 4.85. The minimum Gasteiger partial charge on any atom is -0.497 e. The first-order valence-electron chi connectivity index (χ1n) is 9.65. The lowest BCUT2D eigenvalue weighted by Gasteiger charge is -2.45. The monoisotopic (exact) mass is 361 g/mol. The number of fused-ring (bicyclic) bond motifs is 4. The predicted octanol–water partition coefficient (Wildman–Crippen LogP) is 3.91. The molecule has 2 atom stereocenters. The molecule has 2 aliphatic rings. The van der Waals surface area contributed by atoms with Crippen LogP contribution >= 0.6 is 0 Å². The van der Waals surface area contributed by atoms with Crippen molar-refractivity contribution in [2.45, 2.75) is 37.6 Å². The molecule has 138 valence electrons. The van der Waals surface area contributed by atoms with Gasteiger partial charge < -0.3 is 14.6 Å². The van der Waals surface area contributed by atoms with E-state index in [2.05, 4.69) is 27.0 Å². The maximum Gasteiger partial charge on any atom is 0.254 e. The lowest BCUT2D eigenvalue weighted by molar-refractivity contribution is 0.0547. The quantitative estimate of drug-likeness (QED) is 0.753. The molecule has 0 bridgehead atoms. The summed E-state index contributed by atoms with van der Waals surface area (Å²) in [4.78, 5) is 22.8. The highest BCUT2D eigenvalue weighted by atomic mass is 16.5. The SMILES string of the molecule is COc1ccc2c(c1)CC[C@@H]1[C@@H]2CCCN1C(=O)c1ccc2nc[nH]c2c1. The largest absolute Gasteiger partial charge is 0.497 e. The van der Waals surface area contributed by atoms with Crippen molar-refractivity contribution in [2.75, 3.05) is 13.7 Å². The molecule has 1 aliphatic heterocycles. The summed E-state index contributed by atoms with van der Waals surface area (Å²) in [7, 11) is 1.71. The molecule has 5 heteroatoms. The Bertz CT molecular complexity index is 1010. The molecule has 0 spiro atoms. The number of amides is 1. The Morgan fingerprint density at radius 2 is 2.15 bits per heavy atom. The fraction of sp³-hybridized carbons (Fsp3) is 0.364. The normalized spacial score (nSPS) is 21.6. The van der Waals surface area contributed by atoms with Gasteiger partial charge in [-0.3, -0.25) is 4.79 Å². The summed E-state index contributed by atoms with van der Waals surface area (Å²) in [5, 5.41) is 0. The van der Waals surface area contributed by atoms with E-state index >= 15 is 0 Å². The zero-order valence-corrected chi connectivity index (χ0v) is 15.4. The second-order valence-electron chi connectivity index (χ2n) is 7.55. The standard InChI is InChI=1S/C22H23N3O2/c1-27-16-6-7-17-14(11-16)5-9-21-18(17)3-2-10-25(21)22(26)15-4-8-19-20(12-15)24-13-23-19/h4,6-8,11-13,18,21H,2-3,5,9-10H2,1H3,(H,23,24)/t18-,21-/m1/s1. The van der Waals surface area contributed by atoms with Crippen molar-refractivity contribution in [2.24, 2.45) is 0 Å². The Labute approximate surface area is 158 Å². The van der Waals surface area contributed by atoms with Gasteiger partial charge >= 0.3 is 0 Å². The molecule has 1 N–H and O–H groups in total. The molecule has 2 heterocycles. The maximum atomic E-state index is 13.3. The Balaban J connectivity index is 1.46. The van der Waals surface area contributed by atoms with Crippen molar-refractivity contribution in [1.82, 2.24) is 14.9 Å². The zero-order valence-electron chi connectivity index (χ0n) is 15.4. The van der Waals surface area contributed by atoms with Crippen LogP contribution in [0, 0.1) is 0 Å². The summed E-state index contributed by atoms with van der Waals surface area (Å²) in [5.41, 5.74) is 5.32. The molecule has 1 fully saturated rings. The van der Waals surface area contributed by atoms with Gasteiger partial charge in [-0.25, -0.2) is 4.98 Å². The van der Waals surface area contributed by atoms with Gasteiger partial charge in [0, 0.05) is 24.1 Å². The molecule has 1 aliphatic carbocycles. The van der Waals surface area contributed by atoms with E-state index in [-0.39, 0.29) is 11.9 Å². The first-order valence-corrected chi connectivity index (χ1v) is 9.65. The Kier molecular flexibility index (Phi) is 3.88. The highest BCUT2D eigenvalue weighted by Crippen LogP contribution is 2.42. The van der Waals surface area contributed by atoms with Crippen LogP contribution < -0.4 is 4.74 Å². The molecule has 5 rings (SSSR count). The molecule has 1 saturated heterocycles. The minimum absolute atomic E-state index is 0.137. The van der Waals surface area contributed by atoms with Gasteiger partial charge in [0.25, 0.3) is 5.91 Å². The Hall–Kier alpha value is -2.82. The van der Waals surface area contributed by atoms with Gasteiger partial charge in [0.05, 0.1) is 24.5 Å². The van der Waals surface area contributed by atoms with Gasteiger partial charge in [0.15, 0.2) is 0 Å². The first-order chi connectivity index (χ1) is 13.2. The molecule has 27 heavy (non-hydrogen) atoms. The number of hydrogen-bond donors (Lipinski definition) is 1. The molecule has 1 aromatic heterocycles. The predicted molar refractivity (Wildman–Crippen MR) is 104 cm³/mol. The van der Waals surface area contributed by atoms with E-state index in [1.54, 1.807) is 13.4 Å². The molecular weight excluding hydrogens is 338 g/mol. The molecule has 2 aromatic carbocycles. The van der Waals surface area contributed by atoms with E-state index in [0.717, 1.165) is 54.6 Å². The second kappa shape index (κ2) is 6.41. The number of aromatic amines is 1. The van der Waals surface area contributed by atoms with Crippen LogP contribution in [-0.4, -0.2) is 40.5 Å². The van der Waals surface area contributed by atoms with Crippen LogP contribution in [0.25, 0.3) is 11.0 Å². The van der Waals surface area contributed by atoms with Gasteiger partial charge in [0.1, 0.15) is 5.75 Å². The number of hydrogen-bond acceptors (Lipinski definition) is 3. The summed E-state index contributed by atoms with van der Waals surface area (Å²) in [6, 6.07) is 12.4. The van der Waals surface area contributed by atoms with Crippen molar-refractivity contribution in [3.63, 3.8) is 0 Å². The van der Waals surface area contributed by atoms with Crippen LogP contribution in [0.5, 0.6) is 5.75 Å². The molecule has 5 nitrogen and oxygen atoms in total. The van der Waals surface area contributed by atoms with Crippen molar-refractivity contribution in [3.05, 3.63) is 59.4 Å². The van der Waals surface area contributed by atoms with Gasteiger partial charge in [-0.05, 0) is 67.1 Å². The number of rotatable bonds is 2. The van der Waals surface area contributed by atoms with Crippen LogP contribution in [0.4, 0.5) is 0 Å². The number of aryl methyl sites for hydroxylation is 1. The Morgan fingerprint density at radius 1 is 1.22 bits per heavy atom. The number of methoxy groups -OCH3 is 1. The number of carbonyl (C=O) groups excluding carboxylic acids is 1. The minimum atomic E-state index is 0.137. The van der Waals surface area contributed by atoms with Crippen LogP contribution in [0.15, 0.2) is 42.7 Å². The molecule has 0 radical (unpaired) electrons. The molecular formula is C22H23N3O2. The number of imidazole rings is 1. The third kappa shape index (κ3) is 2.69. The summed E-state index contributed by atoms with van der Waals surface area (Å²) < 4.78 is 5.39. The van der Waals surface area contributed by atoms with E-state index in [9.17, 15) is 4.79 Å². The van der Waals surface area contributed by atoms with Gasteiger partial charge in [-0.1, -0.05) is 6.07 Å². The number of benzene rings is 2. The highest BCUT2D eigenvalue weighted by Gasteiger charge is 2.38. The zero-order chi connectivity index (χ0) is 18.4. The van der Waals surface area contributed by atoms with Crippen molar-refractivity contribution in [3.8, 4) is 5.75 Å². The molecule has 1 amide bonds. The highest BCUT2D eigenvalue weighted by molar-refractivity contribution is 5.97. The lowest BCUT2D eigenvalue weighted by atomic mass is 9.74. The van der Waals surface area contributed by atoms with E-state index in [1.807, 2.05) is 24.3 Å². The van der Waals surface area contributed by atoms with Crippen molar-refractivity contribution >= 4 is 16.9 Å². The number of carbonyl (C=O) groups is 1. The maximum absolute atomic E-state index is 13.3.